The lowest BCUT2D eigenvalue weighted by atomic mass is 9.84. The SMILES string of the molecule is CCN(CC)C(=O)C(CC1CCCCC1)N1CCN(C(=O)C(CCc2ccc(Cl)cc2)NC(=O)CC2NCc3ccccc32)CC1. The number of nitrogens with one attached hydrogen (secondary N) is 2. The predicted molar refractivity (Wildman–Crippen MR) is 183 cm³/mol. The van der Waals surface area contributed by atoms with Gasteiger partial charge in [-0.15, -0.1) is 0 Å². The van der Waals surface area contributed by atoms with Gasteiger partial charge in [-0.1, -0.05) is 80.1 Å². The van der Waals surface area contributed by atoms with Crippen molar-refractivity contribution in [1.29, 1.82) is 0 Å². The van der Waals surface area contributed by atoms with Crippen LogP contribution >= 0.6 is 11.6 Å². The Bertz CT molecular complexity index is 1300. The van der Waals surface area contributed by atoms with Gasteiger partial charge in [0.05, 0.1) is 6.04 Å². The van der Waals surface area contributed by atoms with Crippen molar-refractivity contribution in [2.75, 3.05) is 39.3 Å². The third-order valence-corrected chi connectivity index (χ3v) is 10.6. The van der Waals surface area contributed by atoms with Crippen LogP contribution in [-0.4, -0.2) is 83.8 Å². The Morgan fingerprint density at radius 3 is 2.35 bits per heavy atom. The Kier molecular flexibility index (Phi) is 12.5. The van der Waals surface area contributed by atoms with Gasteiger partial charge in [0.15, 0.2) is 0 Å². The molecule has 8 nitrogen and oxygen atoms in total. The highest BCUT2D eigenvalue weighted by Crippen LogP contribution is 2.30. The maximum Gasteiger partial charge on any atom is 0.245 e. The molecule has 3 unspecified atom stereocenters. The zero-order valence-electron chi connectivity index (χ0n) is 27.7. The van der Waals surface area contributed by atoms with Crippen LogP contribution in [-0.2, 0) is 27.3 Å². The second kappa shape index (κ2) is 16.8. The number of hydrogen-bond donors (Lipinski definition) is 2. The molecular weight excluding hydrogens is 598 g/mol. The number of benzene rings is 2. The van der Waals surface area contributed by atoms with Crippen molar-refractivity contribution in [2.45, 2.75) is 96.3 Å². The Morgan fingerprint density at radius 2 is 1.65 bits per heavy atom. The van der Waals surface area contributed by atoms with E-state index < -0.39 is 6.04 Å². The normalized spacial score (nSPS) is 20.2. The molecule has 2 fully saturated rings. The number of hydrogen-bond acceptors (Lipinski definition) is 5. The first-order valence-electron chi connectivity index (χ1n) is 17.5. The fraction of sp³-hybridized carbons (Fsp3) is 0.595. The van der Waals surface area contributed by atoms with Crippen LogP contribution in [0, 0.1) is 5.92 Å². The monoisotopic (exact) mass is 649 g/mol. The minimum Gasteiger partial charge on any atom is -0.344 e. The van der Waals surface area contributed by atoms with Crippen molar-refractivity contribution in [3.05, 3.63) is 70.2 Å². The Balaban J connectivity index is 1.24. The first kappa shape index (κ1) is 34.4. The summed E-state index contributed by atoms with van der Waals surface area (Å²) in [4.78, 5) is 47.4. The molecule has 3 amide bonds. The van der Waals surface area contributed by atoms with Gasteiger partial charge in [0, 0.05) is 63.3 Å². The van der Waals surface area contributed by atoms with Crippen LogP contribution in [0.5, 0.6) is 0 Å². The third kappa shape index (κ3) is 8.90. The van der Waals surface area contributed by atoms with Gasteiger partial charge >= 0.3 is 0 Å². The minimum atomic E-state index is -0.623. The van der Waals surface area contributed by atoms with Crippen molar-refractivity contribution in [2.24, 2.45) is 5.92 Å². The fourth-order valence-electron chi connectivity index (χ4n) is 7.58. The lowest BCUT2D eigenvalue weighted by Crippen LogP contribution is -2.59. The standard InChI is InChI=1S/C37H52ClN5O3/c1-3-41(4-2)37(46)34(24-28-10-6-5-7-11-28)42-20-22-43(23-21-42)36(45)32(19-16-27-14-17-30(38)18-15-27)40-35(44)25-33-31-13-9-8-12-29(31)26-39-33/h8-9,12-15,17-18,28,32-34,39H,3-7,10-11,16,19-26H2,1-2H3,(H,40,44). The molecule has 2 aromatic carbocycles. The molecule has 250 valence electrons. The molecule has 3 aliphatic rings. The number of aryl methyl sites for hydroxylation is 1. The Morgan fingerprint density at radius 1 is 0.957 bits per heavy atom. The summed E-state index contributed by atoms with van der Waals surface area (Å²) < 4.78 is 0. The summed E-state index contributed by atoms with van der Waals surface area (Å²) >= 11 is 6.10. The van der Waals surface area contributed by atoms with Crippen LogP contribution in [0.2, 0.25) is 5.02 Å². The molecule has 0 bridgehead atoms. The van der Waals surface area contributed by atoms with E-state index >= 15 is 0 Å². The number of carbonyl (C=O) groups excluding carboxylic acids is 3. The minimum absolute atomic E-state index is 0.0411. The van der Waals surface area contributed by atoms with Crippen molar-refractivity contribution < 1.29 is 14.4 Å². The van der Waals surface area contributed by atoms with E-state index in [1.54, 1.807) is 0 Å². The number of fused-ring (bicyclic) bond motifs is 1. The van der Waals surface area contributed by atoms with E-state index in [1.165, 1.54) is 37.7 Å². The molecule has 2 heterocycles. The van der Waals surface area contributed by atoms with Crippen molar-refractivity contribution in [1.82, 2.24) is 25.3 Å². The summed E-state index contributed by atoms with van der Waals surface area (Å²) in [6.45, 7) is 8.71. The zero-order valence-corrected chi connectivity index (χ0v) is 28.4. The fourth-order valence-corrected chi connectivity index (χ4v) is 7.71. The second-order valence-electron chi connectivity index (χ2n) is 13.2. The molecule has 0 spiro atoms. The van der Waals surface area contributed by atoms with E-state index in [0.717, 1.165) is 24.1 Å². The van der Waals surface area contributed by atoms with Crippen LogP contribution in [0.15, 0.2) is 48.5 Å². The summed E-state index contributed by atoms with van der Waals surface area (Å²) in [7, 11) is 0. The smallest absolute Gasteiger partial charge is 0.245 e. The van der Waals surface area contributed by atoms with E-state index in [0.29, 0.717) is 63.1 Å². The van der Waals surface area contributed by atoms with E-state index in [-0.39, 0.29) is 36.2 Å². The van der Waals surface area contributed by atoms with Gasteiger partial charge in [-0.2, -0.15) is 0 Å². The molecule has 0 radical (unpaired) electrons. The van der Waals surface area contributed by atoms with Gasteiger partial charge in [0.1, 0.15) is 6.04 Å². The lowest BCUT2D eigenvalue weighted by molar-refractivity contribution is -0.142. The Hall–Kier alpha value is -2.94. The number of amides is 3. The first-order chi connectivity index (χ1) is 22.4. The van der Waals surface area contributed by atoms with Crippen molar-refractivity contribution >= 4 is 29.3 Å². The highest BCUT2D eigenvalue weighted by Gasteiger charge is 2.36. The first-order valence-corrected chi connectivity index (χ1v) is 17.9. The van der Waals surface area contributed by atoms with Crippen molar-refractivity contribution in [3.63, 3.8) is 0 Å². The van der Waals surface area contributed by atoms with Gasteiger partial charge in [0.2, 0.25) is 17.7 Å². The molecule has 2 N–H and O–H groups in total. The highest BCUT2D eigenvalue weighted by molar-refractivity contribution is 6.30. The largest absolute Gasteiger partial charge is 0.344 e. The molecule has 2 aromatic rings. The van der Waals surface area contributed by atoms with Gasteiger partial charge in [-0.25, -0.2) is 0 Å². The number of likely N-dealkylation sites (N-methyl/N-ethyl adjacent to an activating group) is 1. The topological polar surface area (TPSA) is 85.0 Å². The maximum absolute atomic E-state index is 14.1. The zero-order chi connectivity index (χ0) is 32.5. The van der Waals surface area contributed by atoms with Gasteiger partial charge in [0.25, 0.3) is 0 Å². The van der Waals surface area contributed by atoms with Crippen molar-refractivity contribution in [3.8, 4) is 0 Å². The molecule has 2 aliphatic heterocycles. The summed E-state index contributed by atoms with van der Waals surface area (Å²) in [6.07, 6.45) is 8.57. The summed E-state index contributed by atoms with van der Waals surface area (Å²) in [5.41, 5.74) is 3.45. The molecule has 3 atom stereocenters. The van der Waals surface area contributed by atoms with E-state index in [9.17, 15) is 14.4 Å². The van der Waals surface area contributed by atoms with Gasteiger partial charge in [-0.3, -0.25) is 19.3 Å². The molecular formula is C37H52ClN5O3. The van der Waals surface area contributed by atoms with Crippen LogP contribution in [0.1, 0.15) is 87.9 Å². The average Bonchev–Trinajstić information content (AvgIpc) is 3.49. The number of rotatable bonds is 13. The Labute approximate surface area is 280 Å². The van der Waals surface area contributed by atoms with Gasteiger partial charge in [-0.05, 0) is 67.9 Å². The summed E-state index contributed by atoms with van der Waals surface area (Å²) in [5, 5.41) is 7.24. The van der Waals surface area contributed by atoms with Crippen LogP contribution in [0.3, 0.4) is 0 Å². The van der Waals surface area contributed by atoms with E-state index in [4.69, 9.17) is 11.6 Å². The number of carbonyl (C=O) groups is 3. The molecule has 1 aliphatic carbocycles. The van der Waals surface area contributed by atoms with Crippen LogP contribution in [0.4, 0.5) is 0 Å². The van der Waals surface area contributed by atoms with Crippen LogP contribution < -0.4 is 10.6 Å². The number of nitrogens with zero attached hydrogens (tertiary/aromatic N) is 3. The van der Waals surface area contributed by atoms with Gasteiger partial charge < -0.3 is 20.4 Å². The quantitative estimate of drug-likeness (QED) is 0.306. The summed E-state index contributed by atoms with van der Waals surface area (Å²) in [5.74, 6) is 0.651. The summed E-state index contributed by atoms with van der Waals surface area (Å²) in [6, 6.07) is 15.0. The molecule has 46 heavy (non-hydrogen) atoms. The lowest BCUT2D eigenvalue weighted by Gasteiger charge is -2.42. The molecule has 9 heteroatoms. The molecule has 5 rings (SSSR count). The number of piperazine rings is 1. The van der Waals surface area contributed by atoms with E-state index in [1.807, 2.05) is 46.2 Å². The average molecular weight is 650 g/mol. The predicted octanol–water partition coefficient (Wildman–Crippen LogP) is 5.34. The second-order valence-corrected chi connectivity index (χ2v) is 13.7. The molecule has 1 saturated heterocycles. The molecule has 0 aromatic heterocycles. The van der Waals surface area contributed by atoms with E-state index in [2.05, 4.69) is 41.5 Å². The number of halogens is 1. The van der Waals surface area contributed by atoms with Crippen LogP contribution in [0.25, 0.3) is 0 Å². The third-order valence-electron chi connectivity index (χ3n) is 10.3. The maximum atomic E-state index is 14.1. The molecule has 1 saturated carbocycles. The highest BCUT2D eigenvalue weighted by atomic mass is 35.5.